The molecule has 5 heteroatoms. The monoisotopic (exact) mass is 276 g/mol. The zero-order chi connectivity index (χ0) is 14.5. The number of carbonyl (C=O) groups is 1. The maximum atomic E-state index is 11.3. The first-order valence-corrected chi connectivity index (χ1v) is 6.95. The Bertz CT molecular complexity index is 592. The summed E-state index contributed by atoms with van der Waals surface area (Å²) in [6, 6.07) is 7.78. The molecule has 2 aromatic rings. The summed E-state index contributed by atoms with van der Waals surface area (Å²) < 4.78 is 7.28. The number of para-hydroxylation sites is 2. The van der Waals surface area contributed by atoms with Crippen LogP contribution in [0.25, 0.3) is 11.0 Å². The molecule has 0 saturated heterocycles. The number of benzene rings is 1. The molecular weight excluding hydrogens is 256 g/mol. The van der Waals surface area contributed by atoms with Crippen LogP contribution in [0.2, 0.25) is 0 Å². The van der Waals surface area contributed by atoms with Gasteiger partial charge < -0.3 is 14.4 Å². The SMILES string of the molecule is CCCc1nc2ccccc2n1CC(OCC)C(=O)O. The van der Waals surface area contributed by atoms with Crippen LogP contribution in [0.4, 0.5) is 0 Å². The Balaban J connectivity index is 2.39. The number of rotatable bonds is 7. The topological polar surface area (TPSA) is 64.4 Å². The van der Waals surface area contributed by atoms with Crippen LogP contribution in [0, 0.1) is 0 Å². The number of aromatic nitrogens is 2. The van der Waals surface area contributed by atoms with Gasteiger partial charge in [-0.2, -0.15) is 0 Å². The summed E-state index contributed by atoms with van der Waals surface area (Å²) in [6.45, 7) is 4.56. The molecule has 0 aliphatic heterocycles. The van der Waals surface area contributed by atoms with Gasteiger partial charge in [0.1, 0.15) is 5.82 Å². The van der Waals surface area contributed by atoms with Gasteiger partial charge in [0.15, 0.2) is 6.10 Å². The Kier molecular flexibility index (Phi) is 4.74. The van der Waals surface area contributed by atoms with Crippen LogP contribution in [0.15, 0.2) is 24.3 Å². The number of aryl methyl sites for hydroxylation is 1. The van der Waals surface area contributed by atoms with Crippen LogP contribution in [-0.4, -0.2) is 33.3 Å². The average Bonchev–Trinajstić information content (AvgIpc) is 2.77. The van der Waals surface area contributed by atoms with E-state index >= 15 is 0 Å². The molecule has 5 nitrogen and oxygen atoms in total. The standard InChI is InChI=1S/C15H20N2O3/c1-3-7-14-16-11-8-5-6-9-12(11)17(14)10-13(15(18)19)20-4-2/h5-6,8-9,13H,3-4,7,10H2,1-2H3,(H,18,19). The first-order valence-electron chi connectivity index (χ1n) is 6.95. The average molecular weight is 276 g/mol. The highest BCUT2D eigenvalue weighted by Gasteiger charge is 2.21. The number of hydrogen-bond acceptors (Lipinski definition) is 3. The summed E-state index contributed by atoms with van der Waals surface area (Å²) in [7, 11) is 0. The van der Waals surface area contributed by atoms with Gasteiger partial charge in [-0.05, 0) is 25.5 Å². The van der Waals surface area contributed by atoms with Crippen LogP contribution in [0.3, 0.4) is 0 Å². The van der Waals surface area contributed by atoms with Crippen molar-refractivity contribution >= 4 is 17.0 Å². The third kappa shape index (κ3) is 2.99. The highest BCUT2D eigenvalue weighted by Crippen LogP contribution is 2.18. The zero-order valence-corrected chi connectivity index (χ0v) is 11.9. The normalized spacial score (nSPS) is 12.7. The summed E-state index contributed by atoms with van der Waals surface area (Å²) >= 11 is 0. The predicted molar refractivity (Wildman–Crippen MR) is 76.8 cm³/mol. The van der Waals surface area contributed by atoms with E-state index in [0.29, 0.717) is 13.2 Å². The number of hydrogen-bond donors (Lipinski definition) is 1. The number of imidazole rings is 1. The molecule has 2 rings (SSSR count). The highest BCUT2D eigenvalue weighted by molar-refractivity contribution is 5.77. The molecule has 0 aliphatic rings. The largest absolute Gasteiger partial charge is 0.479 e. The predicted octanol–water partition coefficient (Wildman–Crippen LogP) is 2.48. The van der Waals surface area contributed by atoms with Gasteiger partial charge in [-0.1, -0.05) is 19.1 Å². The Morgan fingerprint density at radius 2 is 2.15 bits per heavy atom. The van der Waals surface area contributed by atoms with Crippen molar-refractivity contribution < 1.29 is 14.6 Å². The van der Waals surface area contributed by atoms with Gasteiger partial charge in [-0.25, -0.2) is 9.78 Å². The fourth-order valence-electron chi connectivity index (χ4n) is 2.31. The van der Waals surface area contributed by atoms with Crippen molar-refractivity contribution in [2.45, 2.75) is 39.3 Å². The smallest absolute Gasteiger partial charge is 0.334 e. The summed E-state index contributed by atoms with van der Waals surface area (Å²) in [5, 5.41) is 9.24. The summed E-state index contributed by atoms with van der Waals surface area (Å²) in [5.74, 6) is -0.0215. The molecule has 0 radical (unpaired) electrons. The van der Waals surface area contributed by atoms with Gasteiger partial charge in [0.05, 0.1) is 17.6 Å². The van der Waals surface area contributed by atoms with Gasteiger partial charge >= 0.3 is 5.97 Å². The molecule has 1 aromatic carbocycles. The molecule has 0 spiro atoms. The molecule has 1 atom stereocenters. The highest BCUT2D eigenvalue weighted by atomic mass is 16.5. The molecule has 0 amide bonds. The third-order valence-electron chi connectivity index (χ3n) is 3.20. The van der Waals surface area contributed by atoms with Crippen LogP contribution in [-0.2, 0) is 22.5 Å². The van der Waals surface area contributed by atoms with Gasteiger partial charge in [-0.3, -0.25) is 0 Å². The van der Waals surface area contributed by atoms with Gasteiger partial charge in [-0.15, -0.1) is 0 Å². The molecule has 20 heavy (non-hydrogen) atoms. The van der Waals surface area contributed by atoms with Crippen molar-refractivity contribution in [2.75, 3.05) is 6.61 Å². The molecule has 0 bridgehead atoms. The molecule has 1 aromatic heterocycles. The second-order valence-corrected chi connectivity index (χ2v) is 4.66. The fraction of sp³-hybridized carbons (Fsp3) is 0.467. The number of carboxylic acid groups (broad SMARTS) is 1. The lowest BCUT2D eigenvalue weighted by atomic mass is 10.3. The number of carboxylic acids is 1. The number of fused-ring (bicyclic) bond motifs is 1. The summed E-state index contributed by atoms with van der Waals surface area (Å²) in [5.41, 5.74) is 1.86. The van der Waals surface area contributed by atoms with Crippen molar-refractivity contribution in [2.24, 2.45) is 0 Å². The second kappa shape index (κ2) is 6.52. The zero-order valence-electron chi connectivity index (χ0n) is 11.9. The lowest BCUT2D eigenvalue weighted by Gasteiger charge is -2.15. The molecule has 0 aliphatic carbocycles. The lowest BCUT2D eigenvalue weighted by Crippen LogP contribution is -2.29. The first-order chi connectivity index (χ1) is 9.67. The van der Waals surface area contributed by atoms with Crippen molar-refractivity contribution in [3.8, 4) is 0 Å². The van der Waals surface area contributed by atoms with E-state index in [-0.39, 0.29) is 0 Å². The van der Waals surface area contributed by atoms with Gasteiger partial charge in [0.25, 0.3) is 0 Å². The van der Waals surface area contributed by atoms with Crippen LogP contribution < -0.4 is 0 Å². The van der Waals surface area contributed by atoms with Crippen molar-refractivity contribution in [1.82, 2.24) is 9.55 Å². The van der Waals surface area contributed by atoms with E-state index in [1.54, 1.807) is 6.92 Å². The number of nitrogens with zero attached hydrogens (tertiary/aromatic N) is 2. The molecule has 1 unspecified atom stereocenters. The fourth-order valence-corrected chi connectivity index (χ4v) is 2.31. The number of aliphatic carboxylic acids is 1. The molecule has 1 N–H and O–H groups in total. The quantitative estimate of drug-likeness (QED) is 0.843. The van der Waals surface area contributed by atoms with Crippen LogP contribution in [0.1, 0.15) is 26.1 Å². The number of ether oxygens (including phenoxy) is 1. The Hall–Kier alpha value is -1.88. The Labute approximate surface area is 118 Å². The second-order valence-electron chi connectivity index (χ2n) is 4.66. The molecule has 0 saturated carbocycles. The van der Waals surface area contributed by atoms with E-state index in [1.807, 2.05) is 28.8 Å². The lowest BCUT2D eigenvalue weighted by molar-refractivity contribution is -0.150. The minimum absolute atomic E-state index is 0.291. The molecule has 1 heterocycles. The van der Waals surface area contributed by atoms with E-state index in [0.717, 1.165) is 29.7 Å². The summed E-state index contributed by atoms with van der Waals surface area (Å²) in [4.78, 5) is 15.9. The minimum atomic E-state index is -0.938. The maximum absolute atomic E-state index is 11.3. The van der Waals surface area contributed by atoms with Crippen molar-refractivity contribution in [3.63, 3.8) is 0 Å². The van der Waals surface area contributed by atoms with E-state index in [2.05, 4.69) is 11.9 Å². The Morgan fingerprint density at radius 3 is 2.80 bits per heavy atom. The van der Waals surface area contributed by atoms with Crippen molar-refractivity contribution in [3.05, 3.63) is 30.1 Å². The minimum Gasteiger partial charge on any atom is -0.479 e. The van der Waals surface area contributed by atoms with E-state index in [4.69, 9.17) is 4.74 Å². The van der Waals surface area contributed by atoms with Crippen LogP contribution in [0.5, 0.6) is 0 Å². The van der Waals surface area contributed by atoms with Gasteiger partial charge in [0, 0.05) is 13.0 Å². The van der Waals surface area contributed by atoms with Crippen LogP contribution >= 0.6 is 0 Å². The summed E-state index contributed by atoms with van der Waals surface area (Å²) in [6.07, 6.45) is 0.955. The molecular formula is C15H20N2O3. The van der Waals surface area contributed by atoms with E-state index in [9.17, 15) is 9.90 Å². The first kappa shape index (κ1) is 14.5. The molecule has 108 valence electrons. The van der Waals surface area contributed by atoms with E-state index in [1.165, 1.54) is 0 Å². The molecule has 0 fully saturated rings. The maximum Gasteiger partial charge on any atom is 0.334 e. The van der Waals surface area contributed by atoms with E-state index < -0.39 is 12.1 Å². The Morgan fingerprint density at radius 1 is 1.40 bits per heavy atom. The van der Waals surface area contributed by atoms with Gasteiger partial charge in [0.2, 0.25) is 0 Å². The van der Waals surface area contributed by atoms with Crippen molar-refractivity contribution in [1.29, 1.82) is 0 Å². The third-order valence-corrected chi connectivity index (χ3v) is 3.20.